The molecule has 0 bridgehead atoms. The number of fused-ring (bicyclic) bond motifs is 1. The molecule has 0 unspecified atom stereocenters. The SMILES string of the molecule is COC(=O)c1c(OCCCc2cnn(C)c2)cc(=O)n2c1CCN(Cc1cccc(C)n1)CC2. The van der Waals surface area contributed by atoms with Gasteiger partial charge in [-0.2, -0.15) is 5.10 Å². The van der Waals surface area contributed by atoms with Gasteiger partial charge < -0.3 is 14.0 Å². The largest absolute Gasteiger partial charge is 0.492 e. The summed E-state index contributed by atoms with van der Waals surface area (Å²) in [7, 11) is 3.23. The lowest BCUT2D eigenvalue weighted by Crippen LogP contribution is -2.29. The van der Waals surface area contributed by atoms with Crippen molar-refractivity contribution in [1.29, 1.82) is 0 Å². The average Bonchev–Trinajstić information content (AvgIpc) is 3.11. The Morgan fingerprint density at radius 1 is 1.21 bits per heavy atom. The smallest absolute Gasteiger partial charge is 0.343 e. The zero-order valence-corrected chi connectivity index (χ0v) is 20.0. The molecule has 9 heteroatoms. The van der Waals surface area contributed by atoms with Gasteiger partial charge in [0.05, 0.1) is 25.6 Å². The maximum Gasteiger partial charge on any atom is 0.343 e. The summed E-state index contributed by atoms with van der Waals surface area (Å²) in [5.74, 6) is -0.192. The van der Waals surface area contributed by atoms with Crippen molar-refractivity contribution >= 4 is 5.97 Å². The first-order valence-corrected chi connectivity index (χ1v) is 11.5. The zero-order chi connectivity index (χ0) is 24.1. The number of nitrogens with zero attached hydrogens (tertiary/aromatic N) is 5. The van der Waals surface area contributed by atoms with Crippen molar-refractivity contribution in [2.24, 2.45) is 7.05 Å². The van der Waals surface area contributed by atoms with E-state index in [4.69, 9.17) is 9.47 Å². The summed E-state index contributed by atoms with van der Waals surface area (Å²) in [6.45, 7) is 4.92. The third-order valence-corrected chi connectivity index (χ3v) is 6.03. The van der Waals surface area contributed by atoms with Gasteiger partial charge in [-0.3, -0.25) is 19.4 Å². The molecule has 0 saturated heterocycles. The summed E-state index contributed by atoms with van der Waals surface area (Å²) in [5.41, 5.74) is 3.93. The fourth-order valence-corrected chi connectivity index (χ4v) is 4.36. The molecule has 9 nitrogen and oxygen atoms in total. The second-order valence-electron chi connectivity index (χ2n) is 8.58. The van der Waals surface area contributed by atoms with E-state index in [2.05, 4.69) is 15.0 Å². The van der Waals surface area contributed by atoms with Crippen LogP contribution >= 0.6 is 0 Å². The van der Waals surface area contributed by atoms with Gasteiger partial charge in [-0.05, 0) is 37.5 Å². The number of esters is 1. The highest BCUT2D eigenvalue weighted by atomic mass is 16.5. The Hall–Kier alpha value is -3.46. The number of rotatable bonds is 8. The van der Waals surface area contributed by atoms with Gasteiger partial charge in [0.2, 0.25) is 0 Å². The number of carbonyl (C=O) groups is 1. The molecule has 1 aliphatic heterocycles. The Morgan fingerprint density at radius 2 is 2.06 bits per heavy atom. The van der Waals surface area contributed by atoms with Gasteiger partial charge in [0.1, 0.15) is 11.3 Å². The van der Waals surface area contributed by atoms with E-state index in [1.54, 1.807) is 9.25 Å². The van der Waals surface area contributed by atoms with Crippen LogP contribution < -0.4 is 10.3 Å². The molecule has 4 heterocycles. The van der Waals surface area contributed by atoms with E-state index in [9.17, 15) is 9.59 Å². The fourth-order valence-electron chi connectivity index (χ4n) is 4.36. The summed E-state index contributed by atoms with van der Waals surface area (Å²) in [5, 5.41) is 4.17. The van der Waals surface area contributed by atoms with Crippen molar-refractivity contribution in [3.8, 4) is 5.75 Å². The molecule has 0 amide bonds. The van der Waals surface area contributed by atoms with E-state index < -0.39 is 5.97 Å². The highest BCUT2D eigenvalue weighted by molar-refractivity contribution is 5.93. The van der Waals surface area contributed by atoms with Crippen molar-refractivity contribution in [2.75, 3.05) is 26.8 Å². The van der Waals surface area contributed by atoms with Gasteiger partial charge in [-0.15, -0.1) is 0 Å². The lowest BCUT2D eigenvalue weighted by molar-refractivity contribution is 0.0593. The molecule has 180 valence electrons. The van der Waals surface area contributed by atoms with Gasteiger partial charge in [0, 0.05) is 63.3 Å². The molecule has 34 heavy (non-hydrogen) atoms. The van der Waals surface area contributed by atoms with Crippen LogP contribution in [0.25, 0.3) is 0 Å². The highest BCUT2D eigenvalue weighted by Crippen LogP contribution is 2.24. The van der Waals surface area contributed by atoms with Gasteiger partial charge in [-0.25, -0.2) is 4.79 Å². The Morgan fingerprint density at radius 3 is 2.79 bits per heavy atom. The Balaban J connectivity index is 1.50. The number of pyridine rings is 2. The normalized spacial score (nSPS) is 13.9. The number of ether oxygens (including phenoxy) is 2. The molecule has 0 N–H and O–H groups in total. The van der Waals surface area contributed by atoms with E-state index >= 15 is 0 Å². The molecule has 3 aromatic heterocycles. The third-order valence-electron chi connectivity index (χ3n) is 6.03. The minimum atomic E-state index is -0.486. The van der Waals surface area contributed by atoms with Gasteiger partial charge in [-0.1, -0.05) is 6.07 Å². The van der Waals surface area contributed by atoms with Crippen molar-refractivity contribution < 1.29 is 14.3 Å². The summed E-state index contributed by atoms with van der Waals surface area (Å²) in [6.07, 6.45) is 5.87. The molecule has 0 atom stereocenters. The zero-order valence-electron chi connectivity index (χ0n) is 20.0. The molecule has 0 aromatic carbocycles. The summed E-state index contributed by atoms with van der Waals surface area (Å²) in [4.78, 5) is 32.5. The molecule has 1 aliphatic rings. The van der Waals surface area contributed by atoms with Crippen LogP contribution in [0.15, 0.2) is 41.5 Å². The number of hydrogen-bond acceptors (Lipinski definition) is 7. The molecular weight excluding hydrogens is 434 g/mol. The number of hydrogen-bond donors (Lipinski definition) is 0. The number of methoxy groups -OCH3 is 1. The van der Waals surface area contributed by atoms with Crippen molar-refractivity contribution in [2.45, 2.75) is 39.3 Å². The predicted octanol–water partition coefficient (Wildman–Crippen LogP) is 2.14. The predicted molar refractivity (Wildman–Crippen MR) is 127 cm³/mol. The Kier molecular flexibility index (Phi) is 7.42. The van der Waals surface area contributed by atoms with E-state index in [1.807, 2.05) is 44.6 Å². The van der Waals surface area contributed by atoms with E-state index in [0.29, 0.717) is 56.2 Å². The van der Waals surface area contributed by atoms with E-state index in [-0.39, 0.29) is 5.56 Å². The van der Waals surface area contributed by atoms with Crippen LogP contribution in [0.5, 0.6) is 5.75 Å². The number of aromatic nitrogens is 4. The Labute approximate surface area is 198 Å². The molecule has 0 aliphatic carbocycles. The summed E-state index contributed by atoms with van der Waals surface area (Å²) >= 11 is 0. The topological polar surface area (TPSA) is 91.5 Å². The van der Waals surface area contributed by atoms with Crippen molar-refractivity contribution in [3.05, 3.63) is 75.2 Å². The highest BCUT2D eigenvalue weighted by Gasteiger charge is 2.26. The van der Waals surface area contributed by atoms with Crippen molar-refractivity contribution in [1.82, 2.24) is 24.2 Å². The molecule has 0 spiro atoms. The van der Waals surface area contributed by atoms with Crippen LogP contribution in [-0.2, 0) is 37.7 Å². The average molecular weight is 466 g/mol. The van der Waals surface area contributed by atoms with Gasteiger partial charge >= 0.3 is 5.97 Å². The number of carbonyl (C=O) groups excluding carboxylic acids is 1. The quantitative estimate of drug-likeness (QED) is 0.372. The molecule has 3 aromatic rings. The van der Waals surface area contributed by atoms with E-state index in [0.717, 1.165) is 29.8 Å². The molecule has 4 rings (SSSR count). The lowest BCUT2D eigenvalue weighted by Gasteiger charge is -2.18. The Bertz CT molecular complexity index is 1220. The summed E-state index contributed by atoms with van der Waals surface area (Å²) < 4.78 is 14.5. The maximum atomic E-state index is 13.0. The minimum Gasteiger partial charge on any atom is -0.492 e. The van der Waals surface area contributed by atoms with Crippen LogP contribution in [0, 0.1) is 6.92 Å². The van der Waals surface area contributed by atoms with Crippen LogP contribution in [-0.4, -0.2) is 57.0 Å². The van der Waals surface area contributed by atoms with Gasteiger partial charge in [0.15, 0.2) is 0 Å². The summed E-state index contributed by atoms with van der Waals surface area (Å²) in [6, 6.07) is 7.40. The van der Waals surface area contributed by atoms with Crippen LogP contribution in [0.4, 0.5) is 0 Å². The fraction of sp³-hybridized carbons (Fsp3) is 0.440. The third kappa shape index (κ3) is 5.53. The minimum absolute atomic E-state index is 0.166. The number of aryl methyl sites for hydroxylation is 3. The van der Waals surface area contributed by atoms with E-state index in [1.165, 1.54) is 13.2 Å². The first-order chi connectivity index (χ1) is 16.4. The first-order valence-electron chi connectivity index (χ1n) is 11.5. The first kappa shape index (κ1) is 23.7. The second kappa shape index (κ2) is 10.6. The van der Waals surface area contributed by atoms with Crippen LogP contribution in [0.3, 0.4) is 0 Å². The second-order valence-corrected chi connectivity index (χ2v) is 8.58. The molecular formula is C25H31N5O4. The lowest BCUT2D eigenvalue weighted by atomic mass is 10.1. The maximum absolute atomic E-state index is 13.0. The van der Waals surface area contributed by atoms with Crippen LogP contribution in [0.1, 0.15) is 39.4 Å². The molecule has 0 radical (unpaired) electrons. The van der Waals surface area contributed by atoms with Gasteiger partial charge in [0.25, 0.3) is 5.56 Å². The molecule has 0 fully saturated rings. The van der Waals surface area contributed by atoms with Crippen LogP contribution in [0.2, 0.25) is 0 Å². The standard InChI is InChI=1S/C25H31N5O4/c1-18-6-4-8-20(27-18)17-29-10-9-21-24(25(32)33-3)22(14-23(31)30(21)12-11-29)34-13-5-7-19-15-26-28(2)16-19/h4,6,8,14-16H,5,7,9-13,17H2,1-3H3. The molecule has 0 saturated carbocycles. The van der Waals surface area contributed by atoms with Crippen molar-refractivity contribution in [3.63, 3.8) is 0 Å². The monoisotopic (exact) mass is 465 g/mol.